The molecule has 2 aromatic rings. The minimum absolute atomic E-state index is 0.0719. The van der Waals surface area contributed by atoms with E-state index in [1.807, 2.05) is 25.1 Å². The lowest BCUT2D eigenvalue weighted by molar-refractivity contribution is 0.0587. The lowest BCUT2D eigenvalue weighted by Crippen LogP contribution is -2.55. The largest absolute Gasteiger partial charge is 0.332 e. The number of carbonyl (C=O) groups excluding carboxylic acids is 1. The number of pyridine rings is 2. The summed E-state index contributed by atoms with van der Waals surface area (Å²) in [7, 11) is -3.24. The SMILES string of the molecule is CCS(=O)(=O)N1CCN(C(=O)c2nccc3cccnc23)[C@H](C)C1. The van der Waals surface area contributed by atoms with Gasteiger partial charge >= 0.3 is 0 Å². The molecule has 0 unspecified atom stereocenters. The first-order valence-electron chi connectivity index (χ1n) is 7.92. The highest BCUT2D eigenvalue weighted by molar-refractivity contribution is 7.89. The molecule has 24 heavy (non-hydrogen) atoms. The molecule has 0 N–H and O–H groups in total. The van der Waals surface area contributed by atoms with E-state index in [4.69, 9.17) is 0 Å². The fraction of sp³-hybridized carbons (Fsp3) is 0.438. The van der Waals surface area contributed by atoms with Crippen LogP contribution in [0, 0.1) is 0 Å². The quantitative estimate of drug-likeness (QED) is 0.830. The van der Waals surface area contributed by atoms with Gasteiger partial charge in [-0.15, -0.1) is 0 Å². The molecular formula is C16H20N4O3S. The van der Waals surface area contributed by atoms with Crippen LogP contribution in [0.25, 0.3) is 10.9 Å². The van der Waals surface area contributed by atoms with Crippen molar-refractivity contribution >= 4 is 26.8 Å². The summed E-state index contributed by atoms with van der Waals surface area (Å²) >= 11 is 0. The van der Waals surface area contributed by atoms with Gasteiger partial charge in [0.05, 0.1) is 5.75 Å². The third-order valence-electron chi connectivity index (χ3n) is 4.33. The third kappa shape index (κ3) is 2.99. The van der Waals surface area contributed by atoms with Crippen molar-refractivity contribution in [1.82, 2.24) is 19.2 Å². The number of sulfonamides is 1. The minimum atomic E-state index is -3.24. The topological polar surface area (TPSA) is 83.5 Å². The van der Waals surface area contributed by atoms with E-state index in [-0.39, 0.29) is 17.7 Å². The molecule has 0 spiro atoms. The highest BCUT2D eigenvalue weighted by Crippen LogP contribution is 2.19. The van der Waals surface area contributed by atoms with Crippen molar-refractivity contribution in [3.05, 3.63) is 36.3 Å². The van der Waals surface area contributed by atoms with E-state index in [1.54, 1.807) is 24.2 Å². The molecule has 3 rings (SSSR count). The van der Waals surface area contributed by atoms with Crippen LogP contribution in [-0.2, 0) is 10.0 Å². The zero-order valence-corrected chi connectivity index (χ0v) is 14.5. The first kappa shape index (κ1) is 16.8. The van der Waals surface area contributed by atoms with Crippen LogP contribution in [0.1, 0.15) is 24.3 Å². The average Bonchev–Trinajstić information content (AvgIpc) is 2.60. The van der Waals surface area contributed by atoms with Crippen LogP contribution in [0.2, 0.25) is 0 Å². The zero-order chi connectivity index (χ0) is 17.3. The second-order valence-corrected chi connectivity index (χ2v) is 8.10. The van der Waals surface area contributed by atoms with Crippen molar-refractivity contribution in [3.8, 4) is 0 Å². The Morgan fingerprint density at radius 2 is 2.04 bits per heavy atom. The molecule has 1 atom stereocenters. The fourth-order valence-corrected chi connectivity index (χ4v) is 4.12. The highest BCUT2D eigenvalue weighted by Gasteiger charge is 2.33. The van der Waals surface area contributed by atoms with Crippen LogP contribution >= 0.6 is 0 Å². The van der Waals surface area contributed by atoms with Gasteiger partial charge < -0.3 is 4.90 Å². The Bertz CT molecular complexity index is 863. The van der Waals surface area contributed by atoms with Gasteiger partial charge in [-0.25, -0.2) is 13.4 Å². The van der Waals surface area contributed by atoms with Crippen molar-refractivity contribution in [2.45, 2.75) is 19.9 Å². The molecular weight excluding hydrogens is 328 g/mol. The molecule has 8 heteroatoms. The molecule has 1 aliphatic heterocycles. The van der Waals surface area contributed by atoms with E-state index in [0.717, 1.165) is 5.39 Å². The maximum atomic E-state index is 12.9. The molecule has 0 saturated carbocycles. The lowest BCUT2D eigenvalue weighted by Gasteiger charge is -2.38. The molecule has 1 saturated heterocycles. The Morgan fingerprint density at radius 3 is 2.75 bits per heavy atom. The van der Waals surface area contributed by atoms with Gasteiger partial charge in [0.1, 0.15) is 5.52 Å². The predicted molar refractivity (Wildman–Crippen MR) is 91.1 cm³/mol. The van der Waals surface area contributed by atoms with E-state index in [9.17, 15) is 13.2 Å². The monoisotopic (exact) mass is 348 g/mol. The number of hydrogen-bond acceptors (Lipinski definition) is 5. The number of carbonyl (C=O) groups is 1. The average molecular weight is 348 g/mol. The summed E-state index contributed by atoms with van der Waals surface area (Å²) in [5, 5.41) is 0.857. The summed E-state index contributed by atoms with van der Waals surface area (Å²) in [4.78, 5) is 23.1. The van der Waals surface area contributed by atoms with Gasteiger partial charge in [0.2, 0.25) is 10.0 Å². The number of nitrogens with zero attached hydrogens (tertiary/aromatic N) is 4. The minimum Gasteiger partial charge on any atom is -0.332 e. The Kier molecular flexibility index (Phi) is 4.51. The van der Waals surface area contributed by atoms with Crippen LogP contribution in [0.5, 0.6) is 0 Å². The van der Waals surface area contributed by atoms with Crippen LogP contribution in [0.3, 0.4) is 0 Å². The Morgan fingerprint density at radius 1 is 1.25 bits per heavy atom. The van der Waals surface area contributed by atoms with Crippen molar-refractivity contribution in [2.75, 3.05) is 25.4 Å². The normalized spacial score (nSPS) is 19.6. The van der Waals surface area contributed by atoms with Gasteiger partial charge in [-0.05, 0) is 26.0 Å². The summed E-state index contributed by atoms with van der Waals surface area (Å²) in [6.45, 7) is 4.45. The van der Waals surface area contributed by atoms with Crippen LogP contribution in [0.4, 0.5) is 0 Å². The maximum Gasteiger partial charge on any atom is 0.275 e. The van der Waals surface area contributed by atoms with E-state index < -0.39 is 10.0 Å². The Hall–Kier alpha value is -2.06. The predicted octanol–water partition coefficient (Wildman–Crippen LogP) is 1.13. The van der Waals surface area contributed by atoms with Crippen molar-refractivity contribution < 1.29 is 13.2 Å². The standard InChI is InChI=1S/C16H20N4O3S/c1-3-24(22,23)19-9-10-20(12(2)11-19)16(21)15-14-13(6-8-18-15)5-4-7-17-14/h4-8,12H,3,9-11H2,1-2H3/t12-/m1/s1. The van der Waals surface area contributed by atoms with Gasteiger partial charge in [0.25, 0.3) is 5.91 Å². The van der Waals surface area contributed by atoms with Crippen LogP contribution in [0.15, 0.2) is 30.6 Å². The molecule has 1 amide bonds. The molecule has 2 aromatic heterocycles. The van der Waals surface area contributed by atoms with Gasteiger partial charge in [0, 0.05) is 43.5 Å². The maximum absolute atomic E-state index is 12.9. The smallest absolute Gasteiger partial charge is 0.275 e. The Labute approximate surface area is 141 Å². The molecule has 7 nitrogen and oxygen atoms in total. The van der Waals surface area contributed by atoms with E-state index >= 15 is 0 Å². The molecule has 1 aliphatic rings. The number of amides is 1. The van der Waals surface area contributed by atoms with E-state index in [0.29, 0.717) is 30.8 Å². The van der Waals surface area contributed by atoms with Gasteiger partial charge in [0.15, 0.2) is 5.69 Å². The van der Waals surface area contributed by atoms with Crippen molar-refractivity contribution in [2.24, 2.45) is 0 Å². The number of hydrogen-bond donors (Lipinski definition) is 0. The molecule has 0 bridgehead atoms. The summed E-state index contributed by atoms with van der Waals surface area (Å²) in [5.74, 6) is -0.136. The third-order valence-corrected chi connectivity index (χ3v) is 6.18. The number of aromatic nitrogens is 2. The second kappa shape index (κ2) is 6.45. The van der Waals surface area contributed by atoms with E-state index in [2.05, 4.69) is 9.97 Å². The fourth-order valence-electron chi connectivity index (χ4n) is 2.96. The highest BCUT2D eigenvalue weighted by atomic mass is 32.2. The van der Waals surface area contributed by atoms with Gasteiger partial charge in [-0.3, -0.25) is 9.78 Å². The first-order chi connectivity index (χ1) is 11.4. The molecule has 1 fully saturated rings. The van der Waals surface area contributed by atoms with Crippen LogP contribution in [-0.4, -0.2) is 64.9 Å². The lowest BCUT2D eigenvalue weighted by atomic mass is 10.1. The van der Waals surface area contributed by atoms with Crippen LogP contribution < -0.4 is 0 Å². The van der Waals surface area contributed by atoms with E-state index in [1.165, 1.54) is 4.31 Å². The number of fused-ring (bicyclic) bond motifs is 1. The molecule has 0 radical (unpaired) electrons. The summed E-state index contributed by atoms with van der Waals surface area (Å²) in [6.07, 6.45) is 3.23. The van der Waals surface area contributed by atoms with Crippen molar-refractivity contribution in [3.63, 3.8) is 0 Å². The summed E-state index contributed by atoms with van der Waals surface area (Å²) < 4.78 is 25.5. The molecule has 128 valence electrons. The number of piperazine rings is 1. The van der Waals surface area contributed by atoms with Gasteiger partial charge in [-0.2, -0.15) is 4.31 Å². The number of rotatable bonds is 3. The zero-order valence-electron chi connectivity index (χ0n) is 13.7. The summed E-state index contributed by atoms with van der Waals surface area (Å²) in [6, 6.07) is 5.30. The molecule has 0 aromatic carbocycles. The van der Waals surface area contributed by atoms with Gasteiger partial charge in [-0.1, -0.05) is 6.07 Å². The molecule has 3 heterocycles. The second-order valence-electron chi connectivity index (χ2n) is 5.84. The first-order valence-corrected chi connectivity index (χ1v) is 9.53. The molecule has 0 aliphatic carbocycles. The summed E-state index contributed by atoms with van der Waals surface area (Å²) in [5.41, 5.74) is 0.882. The Balaban J connectivity index is 1.86. The van der Waals surface area contributed by atoms with Crippen molar-refractivity contribution in [1.29, 1.82) is 0 Å².